The number of carboxylic acids is 1. The van der Waals surface area contributed by atoms with Crippen molar-refractivity contribution >= 4 is 11.9 Å². The van der Waals surface area contributed by atoms with Gasteiger partial charge in [0.25, 0.3) is 0 Å². The Bertz CT molecular complexity index is 469. The van der Waals surface area contributed by atoms with Crippen molar-refractivity contribution in [3.05, 3.63) is 35.4 Å². The number of hydrogen-bond acceptors (Lipinski definition) is 2. The first-order chi connectivity index (χ1) is 9.40. The predicted molar refractivity (Wildman–Crippen MR) is 78.6 cm³/mol. The van der Waals surface area contributed by atoms with Gasteiger partial charge in [-0.1, -0.05) is 38.1 Å². The van der Waals surface area contributed by atoms with E-state index in [4.69, 9.17) is 5.11 Å². The van der Waals surface area contributed by atoms with Crippen LogP contribution in [0.2, 0.25) is 0 Å². The van der Waals surface area contributed by atoms with Crippen molar-refractivity contribution in [1.29, 1.82) is 0 Å². The largest absolute Gasteiger partial charge is 0.481 e. The van der Waals surface area contributed by atoms with Crippen molar-refractivity contribution in [3.8, 4) is 0 Å². The SMILES string of the molecule is Cc1ccccc1CC(=O)N(CCC(=O)O)CC(C)C. The Morgan fingerprint density at radius 3 is 2.45 bits per heavy atom. The average molecular weight is 277 g/mol. The molecule has 1 aromatic carbocycles. The fourth-order valence-corrected chi connectivity index (χ4v) is 2.07. The van der Waals surface area contributed by atoms with Gasteiger partial charge < -0.3 is 10.0 Å². The first kappa shape index (κ1) is 16.2. The third kappa shape index (κ3) is 5.43. The highest BCUT2D eigenvalue weighted by Crippen LogP contribution is 2.11. The van der Waals surface area contributed by atoms with E-state index in [1.54, 1.807) is 4.90 Å². The molecule has 0 aliphatic carbocycles. The molecule has 0 radical (unpaired) electrons. The van der Waals surface area contributed by atoms with Gasteiger partial charge in [0.15, 0.2) is 0 Å². The summed E-state index contributed by atoms with van der Waals surface area (Å²) in [6, 6.07) is 7.78. The first-order valence-corrected chi connectivity index (χ1v) is 6.94. The fraction of sp³-hybridized carbons (Fsp3) is 0.500. The maximum Gasteiger partial charge on any atom is 0.305 e. The van der Waals surface area contributed by atoms with E-state index >= 15 is 0 Å². The summed E-state index contributed by atoms with van der Waals surface area (Å²) in [7, 11) is 0. The molecule has 0 heterocycles. The van der Waals surface area contributed by atoms with E-state index in [2.05, 4.69) is 0 Å². The standard InChI is InChI=1S/C16H23NO3/c1-12(2)11-17(9-8-16(19)20)15(18)10-14-7-5-4-6-13(14)3/h4-7,12H,8-11H2,1-3H3,(H,19,20). The predicted octanol–water partition coefficient (Wildman–Crippen LogP) is 2.50. The summed E-state index contributed by atoms with van der Waals surface area (Å²) in [5.41, 5.74) is 2.09. The Balaban J connectivity index is 2.72. The van der Waals surface area contributed by atoms with Crippen molar-refractivity contribution in [2.24, 2.45) is 5.92 Å². The topological polar surface area (TPSA) is 57.6 Å². The molecule has 0 aromatic heterocycles. The summed E-state index contributed by atoms with van der Waals surface area (Å²) in [4.78, 5) is 24.7. The molecule has 0 aliphatic heterocycles. The summed E-state index contributed by atoms with van der Waals surface area (Å²) in [5.74, 6) is -0.554. The molecule has 0 spiro atoms. The van der Waals surface area contributed by atoms with Crippen LogP contribution in [0.1, 0.15) is 31.4 Å². The maximum atomic E-state index is 12.3. The Labute approximate surface area is 120 Å². The number of benzene rings is 1. The highest BCUT2D eigenvalue weighted by atomic mass is 16.4. The van der Waals surface area contributed by atoms with E-state index in [1.807, 2.05) is 45.0 Å². The number of carbonyl (C=O) groups excluding carboxylic acids is 1. The van der Waals surface area contributed by atoms with Gasteiger partial charge in [0.05, 0.1) is 12.8 Å². The number of aliphatic carboxylic acids is 1. The number of hydrogen-bond donors (Lipinski definition) is 1. The lowest BCUT2D eigenvalue weighted by molar-refractivity contribution is -0.138. The van der Waals surface area contributed by atoms with Crippen molar-refractivity contribution in [2.75, 3.05) is 13.1 Å². The van der Waals surface area contributed by atoms with Gasteiger partial charge in [-0.2, -0.15) is 0 Å². The van der Waals surface area contributed by atoms with Gasteiger partial charge in [0.2, 0.25) is 5.91 Å². The van der Waals surface area contributed by atoms with Crippen molar-refractivity contribution in [2.45, 2.75) is 33.6 Å². The van der Waals surface area contributed by atoms with E-state index in [-0.39, 0.29) is 18.9 Å². The van der Waals surface area contributed by atoms with Crippen LogP contribution in [0, 0.1) is 12.8 Å². The highest BCUT2D eigenvalue weighted by molar-refractivity contribution is 5.79. The van der Waals surface area contributed by atoms with Crippen LogP contribution in [0.5, 0.6) is 0 Å². The minimum Gasteiger partial charge on any atom is -0.481 e. The zero-order chi connectivity index (χ0) is 15.1. The molecule has 0 aliphatic rings. The molecule has 1 rings (SSSR count). The Morgan fingerprint density at radius 2 is 1.90 bits per heavy atom. The van der Waals surface area contributed by atoms with Crippen LogP contribution in [-0.2, 0) is 16.0 Å². The second kappa shape index (κ2) is 7.68. The minimum absolute atomic E-state index is 0.00532. The smallest absolute Gasteiger partial charge is 0.305 e. The van der Waals surface area contributed by atoms with Crippen molar-refractivity contribution in [3.63, 3.8) is 0 Å². The minimum atomic E-state index is -0.873. The van der Waals surface area contributed by atoms with Gasteiger partial charge in [-0.15, -0.1) is 0 Å². The Hall–Kier alpha value is -1.84. The van der Waals surface area contributed by atoms with E-state index in [1.165, 1.54) is 0 Å². The molecule has 0 fully saturated rings. The van der Waals surface area contributed by atoms with Gasteiger partial charge >= 0.3 is 5.97 Å². The zero-order valence-electron chi connectivity index (χ0n) is 12.4. The second-order valence-corrected chi connectivity index (χ2v) is 5.48. The van der Waals surface area contributed by atoms with Crippen LogP contribution in [-0.4, -0.2) is 35.0 Å². The summed E-state index contributed by atoms with van der Waals surface area (Å²) >= 11 is 0. The summed E-state index contributed by atoms with van der Waals surface area (Å²) in [5, 5.41) is 8.77. The molecule has 0 bridgehead atoms. The molecule has 110 valence electrons. The Morgan fingerprint density at radius 1 is 1.25 bits per heavy atom. The molecule has 0 unspecified atom stereocenters. The quantitative estimate of drug-likeness (QED) is 0.833. The van der Waals surface area contributed by atoms with Crippen LogP contribution < -0.4 is 0 Å². The molecule has 1 amide bonds. The Kier molecular flexibility index (Phi) is 6.22. The lowest BCUT2D eigenvalue weighted by Crippen LogP contribution is -2.37. The maximum absolute atomic E-state index is 12.3. The lowest BCUT2D eigenvalue weighted by Gasteiger charge is -2.24. The van der Waals surface area contributed by atoms with Crippen molar-refractivity contribution in [1.82, 2.24) is 4.90 Å². The monoisotopic (exact) mass is 277 g/mol. The highest BCUT2D eigenvalue weighted by Gasteiger charge is 2.17. The lowest BCUT2D eigenvalue weighted by atomic mass is 10.0. The number of aryl methyl sites for hydroxylation is 1. The van der Waals surface area contributed by atoms with Crippen LogP contribution in [0.3, 0.4) is 0 Å². The van der Waals surface area contributed by atoms with E-state index < -0.39 is 5.97 Å². The fourth-order valence-electron chi connectivity index (χ4n) is 2.07. The first-order valence-electron chi connectivity index (χ1n) is 6.94. The van der Waals surface area contributed by atoms with Gasteiger partial charge in [-0.3, -0.25) is 9.59 Å². The van der Waals surface area contributed by atoms with Gasteiger partial charge in [-0.05, 0) is 24.0 Å². The normalized spacial score (nSPS) is 10.6. The van der Waals surface area contributed by atoms with Crippen LogP contribution in [0.25, 0.3) is 0 Å². The number of carboxylic acid groups (broad SMARTS) is 1. The van der Waals surface area contributed by atoms with Crippen LogP contribution in [0.15, 0.2) is 24.3 Å². The number of nitrogens with zero attached hydrogens (tertiary/aromatic N) is 1. The van der Waals surface area contributed by atoms with Crippen LogP contribution in [0.4, 0.5) is 0 Å². The third-order valence-electron chi connectivity index (χ3n) is 3.14. The molecule has 4 heteroatoms. The van der Waals surface area contributed by atoms with Gasteiger partial charge in [0, 0.05) is 13.1 Å². The molecule has 1 N–H and O–H groups in total. The summed E-state index contributed by atoms with van der Waals surface area (Å²) < 4.78 is 0. The summed E-state index contributed by atoms with van der Waals surface area (Å²) in [6.07, 6.45) is 0.325. The van der Waals surface area contributed by atoms with Gasteiger partial charge in [-0.25, -0.2) is 0 Å². The molecule has 0 saturated heterocycles. The number of rotatable bonds is 7. The van der Waals surface area contributed by atoms with Crippen molar-refractivity contribution < 1.29 is 14.7 Å². The molecular weight excluding hydrogens is 254 g/mol. The molecule has 0 saturated carbocycles. The number of amides is 1. The molecule has 4 nitrogen and oxygen atoms in total. The van der Waals surface area contributed by atoms with Crippen LogP contribution >= 0.6 is 0 Å². The molecular formula is C16H23NO3. The average Bonchev–Trinajstić information content (AvgIpc) is 2.36. The second-order valence-electron chi connectivity index (χ2n) is 5.48. The van der Waals surface area contributed by atoms with Gasteiger partial charge in [0.1, 0.15) is 0 Å². The zero-order valence-corrected chi connectivity index (χ0v) is 12.4. The van der Waals surface area contributed by atoms with E-state index in [0.29, 0.717) is 18.9 Å². The molecule has 1 aromatic rings. The third-order valence-corrected chi connectivity index (χ3v) is 3.14. The van der Waals surface area contributed by atoms with E-state index in [9.17, 15) is 9.59 Å². The summed E-state index contributed by atoms with van der Waals surface area (Å²) in [6.45, 7) is 6.90. The number of carbonyl (C=O) groups is 2. The molecule has 0 atom stereocenters. The molecule has 20 heavy (non-hydrogen) atoms. The van der Waals surface area contributed by atoms with E-state index in [0.717, 1.165) is 11.1 Å².